The first-order valence-corrected chi connectivity index (χ1v) is 8.20. The lowest BCUT2D eigenvalue weighted by molar-refractivity contribution is 0.0971. The van der Waals surface area contributed by atoms with E-state index >= 15 is 0 Å². The molecule has 1 aromatic carbocycles. The normalized spacial score (nSPS) is 12.2. The van der Waals surface area contributed by atoms with Gasteiger partial charge in [-0.05, 0) is 30.3 Å². The van der Waals surface area contributed by atoms with Gasteiger partial charge in [-0.1, -0.05) is 27.3 Å². The largest absolute Gasteiger partial charge is 0.459 e. The van der Waals surface area contributed by atoms with Gasteiger partial charge in [0.25, 0.3) is 0 Å². The average molecular weight is 381 g/mol. The predicted octanol–water partition coefficient (Wildman–Crippen LogP) is 3.45. The Morgan fingerprint density at radius 1 is 1.45 bits per heavy atom. The number of ether oxygens (including phenoxy) is 1. The fourth-order valence-electron chi connectivity index (χ4n) is 2.07. The van der Waals surface area contributed by atoms with Crippen LogP contribution in [0.1, 0.15) is 10.6 Å². The van der Waals surface area contributed by atoms with Crippen molar-refractivity contribution in [3.05, 3.63) is 51.6 Å². The summed E-state index contributed by atoms with van der Waals surface area (Å²) in [6, 6.07) is 9.26. The summed E-state index contributed by atoms with van der Waals surface area (Å²) in [7, 11) is 1.65. The van der Waals surface area contributed by atoms with Crippen molar-refractivity contribution < 1.29 is 13.9 Å². The van der Waals surface area contributed by atoms with Gasteiger partial charge in [-0.2, -0.15) is 4.99 Å². The maximum Gasteiger partial charge on any atom is 0.315 e. The minimum absolute atomic E-state index is 0.233. The number of fused-ring (bicyclic) bond motifs is 1. The van der Waals surface area contributed by atoms with Crippen LogP contribution in [0.5, 0.6) is 0 Å². The summed E-state index contributed by atoms with van der Waals surface area (Å²) in [6.07, 6.45) is 1.46. The first kappa shape index (κ1) is 15.2. The molecule has 7 heteroatoms. The highest BCUT2D eigenvalue weighted by molar-refractivity contribution is 9.10. The summed E-state index contributed by atoms with van der Waals surface area (Å²) in [5.41, 5.74) is 1.02. The molecular weight excluding hydrogens is 368 g/mol. The molecule has 0 N–H and O–H groups in total. The van der Waals surface area contributed by atoms with Crippen molar-refractivity contribution >= 4 is 43.4 Å². The number of carbonyl (C=O) groups is 1. The molecule has 1 amide bonds. The Kier molecular flexibility index (Phi) is 4.56. The van der Waals surface area contributed by atoms with Crippen molar-refractivity contribution in [2.45, 2.75) is 6.54 Å². The summed E-state index contributed by atoms with van der Waals surface area (Å²) in [5, 5.41) is 0. The number of thiazole rings is 1. The first-order chi connectivity index (χ1) is 10.7. The number of aromatic nitrogens is 1. The zero-order valence-corrected chi connectivity index (χ0v) is 14.2. The lowest BCUT2D eigenvalue weighted by Crippen LogP contribution is -2.19. The number of hydrogen-bond donors (Lipinski definition) is 0. The van der Waals surface area contributed by atoms with E-state index in [2.05, 4.69) is 20.9 Å². The van der Waals surface area contributed by atoms with Crippen LogP contribution in [0.4, 0.5) is 0 Å². The van der Waals surface area contributed by atoms with Crippen LogP contribution in [0.15, 0.2) is 50.5 Å². The minimum atomic E-state index is -0.387. The molecule has 0 unspecified atom stereocenters. The Labute approximate surface area is 139 Å². The SMILES string of the molecule is COCCn1c(=NC(=O)c2ccco2)sc2cc(Br)ccc21. The lowest BCUT2D eigenvalue weighted by atomic mass is 10.3. The van der Waals surface area contributed by atoms with Crippen molar-refractivity contribution in [1.82, 2.24) is 4.57 Å². The molecule has 0 saturated carbocycles. The van der Waals surface area contributed by atoms with Crippen LogP contribution in [0.3, 0.4) is 0 Å². The molecule has 0 radical (unpaired) electrons. The molecule has 22 heavy (non-hydrogen) atoms. The summed E-state index contributed by atoms with van der Waals surface area (Å²) >= 11 is 4.92. The number of nitrogens with zero attached hydrogens (tertiary/aromatic N) is 2. The molecular formula is C15H13BrN2O3S. The Balaban J connectivity index is 2.12. The molecule has 0 aliphatic heterocycles. The molecule has 3 aromatic rings. The van der Waals surface area contributed by atoms with Crippen LogP contribution in [0.25, 0.3) is 10.2 Å². The second-order valence-electron chi connectivity index (χ2n) is 4.54. The number of methoxy groups -OCH3 is 1. The summed E-state index contributed by atoms with van der Waals surface area (Å²) < 4.78 is 14.3. The van der Waals surface area contributed by atoms with Gasteiger partial charge < -0.3 is 13.7 Å². The molecule has 114 valence electrons. The van der Waals surface area contributed by atoms with Crippen LogP contribution in [0.2, 0.25) is 0 Å². The zero-order chi connectivity index (χ0) is 15.5. The van der Waals surface area contributed by atoms with E-state index in [4.69, 9.17) is 9.15 Å². The maximum atomic E-state index is 12.1. The Morgan fingerprint density at radius 2 is 2.32 bits per heavy atom. The van der Waals surface area contributed by atoms with E-state index in [9.17, 15) is 4.79 Å². The average Bonchev–Trinajstić information content (AvgIpc) is 3.12. The number of benzene rings is 1. The minimum Gasteiger partial charge on any atom is -0.459 e. The molecule has 0 aliphatic carbocycles. The van der Waals surface area contributed by atoms with Crippen molar-refractivity contribution in [3.8, 4) is 0 Å². The quantitative estimate of drug-likeness (QED) is 0.696. The molecule has 3 rings (SSSR count). The van der Waals surface area contributed by atoms with E-state index in [1.54, 1.807) is 19.2 Å². The Bertz CT molecular complexity index is 865. The van der Waals surface area contributed by atoms with Gasteiger partial charge in [0.15, 0.2) is 10.6 Å². The standard InChI is InChI=1S/C15H13BrN2O3S/c1-20-8-6-18-11-5-4-10(16)9-13(11)22-15(18)17-14(19)12-3-2-7-21-12/h2-5,7,9H,6,8H2,1H3. The van der Waals surface area contributed by atoms with Crippen LogP contribution in [0, 0.1) is 0 Å². The molecule has 0 aliphatic rings. The number of amides is 1. The van der Waals surface area contributed by atoms with E-state index in [-0.39, 0.29) is 11.7 Å². The van der Waals surface area contributed by atoms with Gasteiger partial charge in [-0.15, -0.1) is 0 Å². The van der Waals surface area contributed by atoms with Crippen LogP contribution < -0.4 is 4.80 Å². The second-order valence-corrected chi connectivity index (χ2v) is 6.46. The van der Waals surface area contributed by atoms with Gasteiger partial charge in [0.2, 0.25) is 0 Å². The highest BCUT2D eigenvalue weighted by Crippen LogP contribution is 2.22. The van der Waals surface area contributed by atoms with Crippen molar-refractivity contribution in [2.75, 3.05) is 13.7 Å². The number of hydrogen-bond acceptors (Lipinski definition) is 4. The van der Waals surface area contributed by atoms with E-state index in [1.165, 1.54) is 17.6 Å². The first-order valence-electron chi connectivity index (χ1n) is 6.59. The van der Waals surface area contributed by atoms with E-state index in [0.29, 0.717) is 18.0 Å². The van der Waals surface area contributed by atoms with Gasteiger partial charge in [-0.3, -0.25) is 4.79 Å². The smallest absolute Gasteiger partial charge is 0.315 e. The maximum absolute atomic E-state index is 12.1. The topological polar surface area (TPSA) is 56.7 Å². The highest BCUT2D eigenvalue weighted by Gasteiger charge is 2.11. The molecule has 0 saturated heterocycles. The lowest BCUT2D eigenvalue weighted by Gasteiger charge is -2.04. The monoisotopic (exact) mass is 380 g/mol. The van der Waals surface area contributed by atoms with Crippen molar-refractivity contribution in [1.29, 1.82) is 0 Å². The summed E-state index contributed by atoms with van der Waals surface area (Å²) in [5.74, 6) is -0.154. The van der Waals surface area contributed by atoms with E-state index in [0.717, 1.165) is 14.7 Å². The van der Waals surface area contributed by atoms with Gasteiger partial charge >= 0.3 is 5.91 Å². The number of rotatable bonds is 4. The fraction of sp³-hybridized carbons (Fsp3) is 0.200. The number of halogens is 1. The Morgan fingerprint density at radius 3 is 3.05 bits per heavy atom. The van der Waals surface area contributed by atoms with Gasteiger partial charge in [-0.25, -0.2) is 0 Å². The molecule has 2 aromatic heterocycles. The van der Waals surface area contributed by atoms with Crippen molar-refractivity contribution in [2.24, 2.45) is 4.99 Å². The Hall–Kier alpha value is -1.70. The second kappa shape index (κ2) is 6.60. The van der Waals surface area contributed by atoms with Crippen LogP contribution in [-0.4, -0.2) is 24.2 Å². The van der Waals surface area contributed by atoms with Gasteiger partial charge in [0.1, 0.15) is 0 Å². The third-order valence-electron chi connectivity index (χ3n) is 3.09. The number of carbonyl (C=O) groups excluding carboxylic acids is 1. The molecule has 2 heterocycles. The van der Waals surface area contributed by atoms with Crippen molar-refractivity contribution in [3.63, 3.8) is 0 Å². The summed E-state index contributed by atoms with van der Waals surface area (Å²) in [6.45, 7) is 1.17. The summed E-state index contributed by atoms with van der Waals surface area (Å²) in [4.78, 5) is 17.0. The highest BCUT2D eigenvalue weighted by atomic mass is 79.9. The zero-order valence-electron chi connectivity index (χ0n) is 11.8. The molecule has 0 atom stereocenters. The molecule has 0 spiro atoms. The van der Waals surface area contributed by atoms with Gasteiger partial charge in [0.05, 0.1) is 23.1 Å². The van der Waals surface area contributed by atoms with E-state index in [1.807, 2.05) is 22.8 Å². The molecule has 5 nitrogen and oxygen atoms in total. The predicted molar refractivity (Wildman–Crippen MR) is 88.0 cm³/mol. The van der Waals surface area contributed by atoms with E-state index < -0.39 is 0 Å². The number of furan rings is 1. The fourth-order valence-corrected chi connectivity index (χ4v) is 3.68. The van der Waals surface area contributed by atoms with Gasteiger partial charge in [0, 0.05) is 18.1 Å². The van der Waals surface area contributed by atoms with Crippen LogP contribution >= 0.6 is 27.3 Å². The molecule has 0 bridgehead atoms. The third kappa shape index (κ3) is 3.06. The third-order valence-corrected chi connectivity index (χ3v) is 4.63. The van der Waals surface area contributed by atoms with Crippen LogP contribution in [-0.2, 0) is 11.3 Å². The molecule has 0 fully saturated rings.